The molecule has 0 unspecified atom stereocenters. The van der Waals surface area contributed by atoms with E-state index in [1.165, 1.54) is 64.9 Å². The predicted octanol–water partition coefficient (Wildman–Crippen LogP) is 3.21. The van der Waals surface area contributed by atoms with Crippen LogP contribution in [0.25, 0.3) is 22.7 Å². The van der Waals surface area contributed by atoms with Crippen LogP contribution in [0.5, 0.6) is 0 Å². The van der Waals surface area contributed by atoms with E-state index in [2.05, 4.69) is 25.5 Å². The van der Waals surface area contributed by atoms with Gasteiger partial charge in [0.15, 0.2) is 5.65 Å². The number of rotatable bonds is 5. The van der Waals surface area contributed by atoms with Gasteiger partial charge in [-0.2, -0.15) is 19.9 Å². The first-order valence-corrected chi connectivity index (χ1v) is 10.6. The first kappa shape index (κ1) is 22.6. The normalized spacial score (nSPS) is 11.1. The molecule has 0 bridgehead atoms. The first-order chi connectivity index (χ1) is 17.2. The van der Waals surface area contributed by atoms with Crippen molar-refractivity contribution in [2.24, 2.45) is 0 Å². The lowest BCUT2D eigenvalue weighted by Gasteiger charge is -2.10. The summed E-state index contributed by atoms with van der Waals surface area (Å²) in [5, 5.41) is 22.7. The minimum Gasteiger partial charge on any atom is -0.306 e. The highest BCUT2D eigenvalue weighted by Crippen LogP contribution is 2.23. The van der Waals surface area contributed by atoms with Crippen molar-refractivity contribution in [3.8, 4) is 11.6 Å². The zero-order valence-electron chi connectivity index (χ0n) is 18.9. The molecule has 36 heavy (non-hydrogen) atoms. The Morgan fingerprint density at radius 3 is 2.61 bits per heavy atom. The highest BCUT2D eigenvalue weighted by molar-refractivity contribution is 6.05. The van der Waals surface area contributed by atoms with Crippen LogP contribution in [-0.2, 0) is 0 Å². The van der Waals surface area contributed by atoms with Crippen molar-refractivity contribution in [2.75, 3.05) is 5.32 Å². The second-order valence-corrected chi connectivity index (χ2v) is 7.90. The zero-order valence-corrected chi connectivity index (χ0v) is 18.9. The molecule has 3 aromatic heterocycles. The van der Waals surface area contributed by atoms with Gasteiger partial charge in [-0.05, 0) is 44.2 Å². The van der Waals surface area contributed by atoms with Crippen LogP contribution in [0.2, 0.25) is 0 Å². The summed E-state index contributed by atoms with van der Waals surface area (Å²) in [6, 6.07) is 11.3. The number of aromatic nitrogens is 6. The number of aromatic amines is 1. The fraction of sp³-hybridized carbons (Fsp3) is 0.0870. The lowest BCUT2D eigenvalue weighted by atomic mass is 10.1. The molecule has 3 heterocycles. The van der Waals surface area contributed by atoms with Crippen molar-refractivity contribution in [3.05, 3.63) is 97.8 Å². The molecule has 2 aromatic carbocycles. The number of nitro benzene ring substituents is 1. The molecule has 0 saturated carbocycles. The number of hydrogen-bond donors (Lipinski definition) is 2. The smallest absolute Gasteiger partial charge is 0.273 e. The van der Waals surface area contributed by atoms with Gasteiger partial charge < -0.3 is 5.32 Å². The first-order valence-electron chi connectivity index (χ1n) is 10.6. The molecular formula is C23H17FN8O4. The standard InChI is InChI=1S/C23H17FN8O4/c1-12-10-19(26-21(33)16-4-3-5-18(13(16)2)32(35)36)31(29-12)23-27-20-17(22(34)28-23)11-25-30(20)15-8-6-14(24)7-9-15/h3-11H,1-2H3,(H,26,33)(H,27,28,34). The molecular weight excluding hydrogens is 471 g/mol. The third kappa shape index (κ3) is 3.87. The van der Waals surface area contributed by atoms with E-state index in [0.717, 1.165) is 0 Å². The Hall–Kier alpha value is -5.20. The van der Waals surface area contributed by atoms with E-state index in [9.17, 15) is 24.1 Å². The van der Waals surface area contributed by atoms with E-state index >= 15 is 0 Å². The summed E-state index contributed by atoms with van der Waals surface area (Å²) in [6.07, 6.45) is 1.34. The molecule has 0 fully saturated rings. The quantitative estimate of drug-likeness (QED) is 0.284. The summed E-state index contributed by atoms with van der Waals surface area (Å²) in [5.41, 5.74) is 0.832. The monoisotopic (exact) mass is 488 g/mol. The maximum Gasteiger partial charge on any atom is 0.273 e. The topological polar surface area (TPSA) is 154 Å². The van der Waals surface area contributed by atoms with Gasteiger partial charge in [0.25, 0.3) is 17.2 Å². The molecule has 0 saturated heterocycles. The number of fused-ring (bicyclic) bond motifs is 1. The number of H-pyrrole nitrogens is 1. The third-order valence-electron chi connectivity index (χ3n) is 5.52. The fourth-order valence-corrected chi connectivity index (χ4v) is 3.78. The number of hydrogen-bond acceptors (Lipinski definition) is 7. The number of anilines is 1. The summed E-state index contributed by atoms with van der Waals surface area (Å²) in [5.74, 6) is -0.848. The van der Waals surface area contributed by atoms with Crippen LogP contribution in [0.1, 0.15) is 21.6 Å². The van der Waals surface area contributed by atoms with Gasteiger partial charge in [-0.15, -0.1) is 0 Å². The van der Waals surface area contributed by atoms with Gasteiger partial charge in [-0.1, -0.05) is 6.07 Å². The largest absolute Gasteiger partial charge is 0.306 e. The number of aryl methyl sites for hydroxylation is 1. The third-order valence-corrected chi connectivity index (χ3v) is 5.52. The van der Waals surface area contributed by atoms with Gasteiger partial charge in [-0.3, -0.25) is 24.7 Å². The minimum absolute atomic E-state index is 0.00414. The average Bonchev–Trinajstić information content (AvgIpc) is 3.43. The van der Waals surface area contributed by atoms with Gasteiger partial charge >= 0.3 is 0 Å². The fourth-order valence-electron chi connectivity index (χ4n) is 3.78. The molecule has 0 radical (unpaired) electrons. The summed E-state index contributed by atoms with van der Waals surface area (Å²) in [6.45, 7) is 3.17. The highest BCUT2D eigenvalue weighted by Gasteiger charge is 2.21. The Balaban J connectivity index is 1.57. The van der Waals surface area contributed by atoms with Crippen LogP contribution in [0.15, 0.2) is 59.5 Å². The Kier molecular flexibility index (Phi) is 5.36. The van der Waals surface area contributed by atoms with E-state index in [1.54, 1.807) is 13.0 Å². The molecule has 0 aliphatic heterocycles. The highest BCUT2D eigenvalue weighted by atomic mass is 19.1. The van der Waals surface area contributed by atoms with Crippen LogP contribution >= 0.6 is 0 Å². The second kappa shape index (κ2) is 8.54. The van der Waals surface area contributed by atoms with E-state index in [-0.39, 0.29) is 39.6 Å². The molecule has 5 aromatic rings. The number of nitro groups is 1. The van der Waals surface area contributed by atoms with Crippen molar-refractivity contribution in [2.45, 2.75) is 13.8 Å². The maximum absolute atomic E-state index is 13.4. The van der Waals surface area contributed by atoms with Crippen molar-refractivity contribution in [3.63, 3.8) is 0 Å². The van der Waals surface area contributed by atoms with Crippen LogP contribution in [-0.4, -0.2) is 40.4 Å². The SMILES string of the molecule is Cc1cc(NC(=O)c2cccc([N+](=O)[O-])c2C)n(-c2nc3c(cnn3-c3ccc(F)cc3)c(=O)[nH]2)n1. The lowest BCUT2D eigenvalue weighted by molar-refractivity contribution is -0.385. The zero-order chi connectivity index (χ0) is 25.6. The second-order valence-electron chi connectivity index (χ2n) is 7.90. The summed E-state index contributed by atoms with van der Waals surface area (Å²) >= 11 is 0. The Morgan fingerprint density at radius 2 is 1.89 bits per heavy atom. The molecule has 0 aliphatic rings. The molecule has 0 spiro atoms. The Bertz CT molecular complexity index is 1720. The predicted molar refractivity (Wildman–Crippen MR) is 127 cm³/mol. The molecule has 0 aliphatic carbocycles. The number of nitrogens with one attached hydrogen (secondary N) is 2. The average molecular weight is 488 g/mol. The van der Waals surface area contributed by atoms with Gasteiger partial charge in [0.1, 0.15) is 17.0 Å². The minimum atomic E-state index is -0.600. The summed E-state index contributed by atoms with van der Waals surface area (Å²) in [4.78, 5) is 43.6. The molecule has 13 heteroatoms. The van der Waals surface area contributed by atoms with Gasteiger partial charge in [-0.25, -0.2) is 9.07 Å². The molecule has 2 N–H and O–H groups in total. The number of nitrogens with zero attached hydrogens (tertiary/aromatic N) is 6. The van der Waals surface area contributed by atoms with Gasteiger partial charge in [0.05, 0.1) is 22.5 Å². The van der Waals surface area contributed by atoms with Crippen LogP contribution in [0, 0.1) is 29.8 Å². The Morgan fingerprint density at radius 1 is 1.14 bits per heavy atom. The maximum atomic E-state index is 13.4. The van der Waals surface area contributed by atoms with Crippen LogP contribution in [0.3, 0.4) is 0 Å². The number of carbonyl (C=O) groups excluding carboxylic acids is 1. The van der Waals surface area contributed by atoms with Crippen molar-refractivity contribution in [1.29, 1.82) is 0 Å². The summed E-state index contributed by atoms with van der Waals surface area (Å²) < 4.78 is 16.0. The lowest BCUT2D eigenvalue weighted by Crippen LogP contribution is -2.19. The molecule has 180 valence electrons. The van der Waals surface area contributed by atoms with Crippen LogP contribution < -0.4 is 10.9 Å². The number of amides is 1. The van der Waals surface area contributed by atoms with E-state index in [1.807, 2.05) is 0 Å². The number of carbonyl (C=O) groups is 1. The molecule has 5 rings (SSSR count). The molecule has 0 atom stereocenters. The van der Waals surface area contributed by atoms with E-state index < -0.39 is 22.2 Å². The van der Waals surface area contributed by atoms with Crippen molar-refractivity contribution < 1.29 is 14.1 Å². The van der Waals surface area contributed by atoms with Gasteiger partial charge in [0, 0.05) is 23.3 Å². The van der Waals surface area contributed by atoms with Crippen molar-refractivity contribution in [1.82, 2.24) is 29.5 Å². The van der Waals surface area contributed by atoms with Gasteiger partial charge in [0.2, 0.25) is 5.95 Å². The molecule has 1 amide bonds. The van der Waals surface area contributed by atoms with E-state index in [4.69, 9.17) is 0 Å². The van der Waals surface area contributed by atoms with Crippen LogP contribution in [0.4, 0.5) is 15.9 Å². The van der Waals surface area contributed by atoms with Crippen molar-refractivity contribution >= 4 is 28.4 Å². The number of benzene rings is 2. The summed E-state index contributed by atoms with van der Waals surface area (Å²) in [7, 11) is 0. The molecule has 12 nitrogen and oxygen atoms in total. The number of halogens is 1. The Labute approximate surface area is 201 Å². The van der Waals surface area contributed by atoms with E-state index in [0.29, 0.717) is 11.4 Å².